The maximum atomic E-state index is 13.2. The van der Waals surface area contributed by atoms with Crippen molar-refractivity contribution in [3.8, 4) is 11.4 Å². The number of hydrogen-bond acceptors (Lipinski definition) is 9. The van der Waals surface area contributed by atoms with Crippen molar-refractivity contribution in [1.82, 2.24) is 29.8 Å². The van der Waals surface area contributed by atoms with Gasteiger partial charge in [-0.1, -0.05) is 38.2 Å². The molecule has 0 saturated heterocycles. The summed E-state index contributed by atoms with van der Waals surface area (Å²) in [6.07, 6.45) is 13.8. The number of aromatic nitrogens is 5. The number of nitrogens with one attached hydrogen (secondary N) is 1. The third-order valence-corrected chi connectivity index (χ3v) is 10.3. The zero-order valence-electron chi connectivity index (χ0n) is 25.9. The number of anilines is 1. The van der Waals surface area contributed by atoms with Crippen molar-refractivity contribution in [3.63, 3.8) is 0 Å². The SMILES string of the molecule is O=c1n(CCCC2CCCCC2)nnn1-c1ccc(S(=O)(=O)Nc2ccc3c(c2)CC[C@@H](CN(O)CCc2cccnc2)O3)cc1. The number of benzene rings is 2. The predicted molar refractivity (Wildman–Crippen MR) is 173 cm³/mol. The van der Waals surface area contributed by atoms with Crippen LogP contribution in [0.2, 0.25) is 0 Å². The summed E-state index contributed by atoms with van der Waals surface area (Å²) < 4.78 is 37.7. The molecule has 3 heterocycles. The second kappa shape index (κ2) is 14.6. The van der Waals surface area contributed by atoms with Gasteiger partial charge in [0.2, 0.25) is 0 Å². The Morgan fingerprint density at radius 1 is 1.02 bits per heavy atom. The number of hydrogen-bond donors (Lipinski definition) is 2. The van der Waals surface area contributed by atoms with Crippen LogP contribution in [-0.2, 0) is 29.4 Å². The van der Waals surface area contributed by atoms with E-state index in [9.17, 15) is 18.4 Å². The van der Waals surface area contributed by atoms with Crippen molar-refractivity contribution in [2.24, 2.45) is 5.92 Å². The fraction of sp³-hybridized carbons (Fsp3) is 0.455. The molecule has 2 N–H and O–H groups in total. The lowest BCUT2D eigenvalue weighted by Crippen LogP contribution is -2.36. The second-order valence-electron chi connectivity index (χ2n) is 12.3. The van der Waals surface area contributed by atoms with E-state index in [1.807, 2.05) is 12.1 Å². The standard InChI is InChI=1S/C33H41N7O5S/c41-33-39(20-5-9-25-6-2-1-3-7-25)36-37-40(33)29-12-15-31(16-13-29)46(43,44)35-28-11-17-32-27(22-28)10-14-30(45-32)24-38(42)21-18-26-8-4-19-34-23-26/h4,8,11-13,15-17,19,22-23,25,30,35,42H,1-3,5-7,9-10,14,18,20-21,24H2/t30-/m0/s1. The van der Waals surface area contributed by atoms with Crippen molar-refractivity contribution in [1.29, 1.82) is 0 Å². The summed E-state index contributed by atoms with van der Waals surface area (Å²) in [7, 11) is -3.89. The number of pyridine rings is 1. The van der Waals surface area contributed by atoms with Gasteiger partial charge in [-0.15, -0.1) is 0 Å². The molecule has 1 fully saturated rings. The smallest absolute Gasteiger partial charge is 0.368 e. The average molecular weight is 648 g/mol. The molecular weight excluding hydrogens is 606 g/mol. The maximum absolute atomic E-state index is 13.2. The van der Waals surface area contributed by atoms with Crippen LogP contribution in [0.25, 0.3) is 5.69 Å². The number of nitrogens with zero attached hydrogens (tertiary/aromatic N) is 6. The molecule has 0 amide bonds. The van der Waals surface area contributed by atoms with Crippen molar-refractivity contribution < 1.29 is 18.4 Å². The van der Waals surface area contributed by atoms with Crippen molar-refractivity contribution in [2.45, 2.75) is 81.8 Å². The summed E-state index contributed by atoms with van der Waals surface area (Å²) in [5.74, 6) is 1.42. The minimum Gasteiger partial charge on any atom is -0.489 e. The van der Waals surface area contributed by atoms with Crippen LogP contribution in [0.3, 0.4) is 0 Å². The lowest BCUT2D eigenvalue weighted by Gasteiger charge is -2.29. The zero-order chi connectivity index (χ0) is 31.9. The number of hydroxylamine groups is 2. The van der Waals surface area contributed by atoms with E-state index in [2.05, 4.69) is 20.1 Å². The Balaban J connectivity index is 1.02. The summed E-state index contributed by atoms with van der Waals surface area (Å²) in [4.78, 5) is 17.1. The molecule has 12 nitrogen and oxygen atoms in total. The molecule has 1 atom stereocenters. The van der Waals surface area contributed by atoms with Gasteiger partial charge in [0.15, 0.2) is 0 Å². The maximum Gasteiger partial charge on any atom is 0.368 e. The van der Waals surface area contributed by atoms with Crippen molar-refractivity contribution in [3.05, 3.63) is 88.6 Å². The van der Waals surface area contributed by atoms with Crippen LogP contribution in [0.5, 0.6) is 5.75 Å². The summed E-state index contributed by atoms with van der Waals surface area (Å²) >= 11 is 0. The Labute approximate surface area is 269 Å². The largest absolute Gasteiger partial charge is 0.489 e. The van der Waals surface area contributed by atoms with Gasteiger partial charge in [0.1, 0.15) is 11.9 Å². The molecule has 0 bridgehead atoms. The molecule has 4 aromatic rings. The average Bonchev–Trinajstić information content (AvgIpc) is 3.44. The summed E-state index contributed by atoms with van der Waals surface area (Å²) in [5.41, 5.74) is 2.48. The van der Waals surface area contributed by atoms with E-state index in [1.54, 1.807) is 42.7 Å². The topological polar surface area (TPSA) is 144 Å². The highest BCUT2D eigenvalue weighted by Crippen LogP contribution is 2.31. The molecule has 13 heteroatoms. The third-order valence-electron chi connectivity index (χ3n) is 8.88. The molecule has 1 saturated carbocycles. The molecule has 2 aliphatic rings. The minimum atomic E-state index is -3.89. The van der Waals surface area contributed by atoms with Crippen LogP contribution in [-0.4, -0.2) is 62.7 Å². The Hall–Kier alpha value is -4.07. The molecule has 46 heavy (non-hydrogen) atoms. The number of fused-ring (bicyclic) bond motifs is 1. The molecule has 0 unspecified atom stereocenters. The van der Waals surface area contributed by atoms with Crippen LogP contribution in [0.15, 0.2) is 76.7 Å². The van der Waals surface area contributed by atoms with E-state index >= 15 is 0 Å². The van der Waals surface area contributed by atoms with Crippen molar-refractivity contribution in [2.75, 3.05) is 17.8 Å². The molecule has 2 aromatic heterocycles. The van der Waals surface area contributed by atoms with Gasteiger partial charge >= 0.3 is 5.69 Å². The number of ether oxygens (including phenoxy) is 1. The second-order valence-corrected chi connectivity index (χ2v) is 13.9. The number of sulfonamides is 1. The van der Waals surface area contributed by atoms with Gasteiger partial charge < -0.3 is 9.94 Å². The normalized spacial score (nSPS) is 17.0. The van der Waals surface area contributed by atoms with Gasteiger partial charge in [-0.05, 0) is 108 Å². The van der Waals surface area contributed by atoms with E-state index in [0.717, 1.165) is 29.9 Å². The first-order valence-electron chi connectivity index (χ1n) is 16.1. The van der Waals surface area contributed by atoms with Gasteiger partial charge in [-0.2, -0.15) is 14.4 Å². The monoisotopic (exact) mass is 647 g/mol. The Morgan fingerprint density at radius 2 is 1.85 bits per heavy atom. The molecule has 0 spiro atoms. The molecule has 2 aromatic carbocycles. The van der Waals surface area contributed by atoms with Gasteiger partial charge in [-0.25, -0.2) is 13.2 Å². The number of aryl methyl sites for hydroxylation is 2. The van der Waals surface area contributed by atoms with Gasteiger partial charge in [-0.3, -0.25) is 9.71 Å². The van der Waals surface area contributed by atoms with Crippen LogP contribution < -0.4 is 15.1 Å². The summed E-state index contributed by atoms with van der Waals surface area (Å²) in [5, 5.41) is 19.7. The molecule has 6 rings (SSSR count). The highest BCUT2D eigenvalue weighted by atomic mass is 32.2. The first-order chi connectivity index (χ1) is 22.3. The zero-order valence-corrected chi connectivity index (χ0v) is 26.7. The Bertz CT molecular complexity index is 1750. The fourth-order valence-electron chi connectivity index (χ4n) is 6.33. The van der Waals surface area contributed by atoms with E-state index in [1.165, 1.54) is 58.7 Å². The molecule has 244 valence electrons. The van der Waals surface area contributed by atoms with Gasteiger partial charge in [0, 0.05) is 31.2 Å². The Kier molecular flexibility index (Phi) is 10.1. The highest BCUT2D eigenvalue weighted by molar-refractivity contribution is 7.92. The number of rotatable bonds is 13. The van der Waals surface area contributed by atoms with Gasteiger partial charge in [0.25, 0.3) is 10.0 Å². The van der Waals surface area contributed by atoms with Crippen LogP contribution >= 0.6 is 0 Å². The van der Waals surface area contributed by atoms with Crippen LogP contribution in [0.1, 0.15) is 62.5 Å². The summed E-state index contributed by atoms with van der Waals surface area (Å²) in [6, 6.07) is 15.1. The lowest BCUT2D eigenvalue weighted by atomic mass is 9.86. The molecule has 1 aliphatic heterocycles. The lowest BCUT2D eigenvalue weighted by molar-refractivity contribution is -0.110. The molecule has 1 aliphatic carbocycles. The third kappa shape index (κ3) is 8.01. The Morgan fingerprint density at radius 3 is 2.63 bits per heavy atom. The molecular formula is C33H41N7O5S. The van der Waals surface area contributed by atoms with Crippen molar-refractivity contribution >= 4 is 15.7 Å². The summed E-state index contributed by atoms with van der Waals surface area (Å²) in [6.45, 7) is 1.36. The predicted octanol–water partition coefficient (Wildman–Crippen LogP) is 4.61. The van der Waals surface area contributed by atoms with Crippen LogP contribution in [0, 0.1) is 5.92 Å². The van der Waals surface area contributed by atoms with E-state index < -0.39 is 10.0 Å². The van der Waals surface area contributed by atoms with Crippen LogP contribution in [0.4, 0.5) is 5.69 Å². The highest BCUT2D eigenvalue weighted by Gasteiger charge is 2.23. The first-order valence-corrected chi connectivity index (χ1v) is 17.6. The number of tetrazole rings is 1. The van der Waals surface area contributed by atoms with E-state index in [4.69, 9.17) is 4.74 Å². The quantitative estimate of drug-likeness (QED) is 0.199. The van der Waals surface area contributed by atoms with Gasteiger partial charge in [0.05, 0.1) is 17.1 Å². The minimum absolute atomic E-state index is 0.0625. The van der Waals surface area contributed by atoms with E-state index in [-0.39, 0.29) is 16.7 Å². The first kappa shape index (κ1) is 31.9. The van der Waals surface area contributed by atoms with E-state index in [0.29, 0.717) is 56.0 Å². The fourth-order valence-corrected chi connectivity index (χ4v) is 7.38. The molecule has 0 radical (unpaired) electrons.